The number of primary amides is 2. The number of likely N-dealkylation sites (tertiary alicyclic amines) is 1. The van der Waals surface area contributed by atoms with E-state index in [-0.39, 0.29) is 93.2 Å². The number of carboxylic acids is 1. The van der Waals surface area contributed by atoms with E-state index in [1.54, 1.807) is 20.8 Å². The Kier molecular flexibility index (Phi) is 40.4. The molecule has 1 heterocycles. The van der Waals surface area contributed by atoms with E-state index >= 15 is 0 Å². The number of nitrogens with two attached hydrogens (primary N) is 6. The molecule has 1 fully saturated rings. The lowest BCUT2D eigenvalue weighted by molar-refractivity contribution is -0.155. The summed E-state index contributed by atoms with van der Waals surface area (Å²) >= 11 is 0. The predicted octanol–water partition coefficient (Wildman–Crippen LogP) is -5.39. The molecule has 0 aliphatic carbocycles. The highest BCUT2D eigenvalue weighted by molar-refractivity contribution is 5.99. The summed E-state index contributed by atoms with van der Waals surface area (Å²) in [6.45, 7) is 16.2. The van der Waals surface area contributed by atoms with E-state index in [1.165, 1.54) is 66.1 Å². The number of piperidine rings is 1. The Bertz CT molecular complexity index is 3280. The summed E-state index contributed by atoms with van der Waals surface area (Å²) in [5.74, 6) is -19.1. The number of aliphatic hydroxyl groups is 5. The van der Waals surface area contributed by atoms with Gasteiger partial charge in [0.25, 0.3) is 5.91 Å². The number of hydrogen-bond donors (Lipinski definition) is 21. The zero-order chi connectivity index (χ0) is 83.2. The Morgan fingerprint density at radius 3 is 1.56 bits per heavy atom. The molecular weight excluding hydrogens is 1430 g/mol. The number of hydrogen-bond acceptors (Lipinski definition) is 22. The number of phenolic OH excluding ortho intramolecular Hbond substituents is 1. The van der Waals surface area contributed by atoms with E-state index in [9.17, 15) is 98.1 Å². The normalized spacial score (nSPS) is 18.2. The van der Waals surface area contributed by atoms with Crippen molar-refractivity contribution in [3.63, 3.8) is 0 Å². The molecular formula is C70H120N18O21. The SMILES string of the molecule is CO[C@H](c1ccc(O)cc1)[C@@H](NC(=O)[C@H](CCC(N)=O)N(C)C(=O)[C@H](CC(C)C)NC(=O)[C@@H](CCCN=C(N)N)NC(=O)[C@H](NC(=O)[C@H](NC(=O)[C@@H](NC(=O)[C@H](O)[C@H](O)[C@H](CCCN=C(N)N)NC(=O)[C@@H](C)NC(=O)[C@H](C)[C@H](O)[C@H](C)CC(C)C)[C@@H](C)[C@@H](C)C(N)=O)[C@@H](C)O)[C@@H](C)O)C(=O)N1CCCC[C@H]1C(=O)O. The maximum atomic E-state index is 15.0. The van der Waals surface area contributed by atoms with Gasteiger partial charge in [0.1, 0.15) is 72.3 Å². The van der Waals surface area contributed by atoms with Crippen molar-refractivity contribution in [2.24, 2.45) is 79.9 Å². The predicted molar refractivity (Wildman–Crippen MR) is 397 cm³/mol. The molecule has 39 heteroatoms. The molecule has 1 aliphatic heterocycles. The number of guanidine groups is 2. The number of benzene rings is 1. The van der Waals surface area contributed by atoms with Crippen LogP contribution in [0.1, 0.15) is 158 Å². The van der Waals surface area contributed by atoms with Crippen LogP contribution in [0.3, 0.4) is 0 Å². The molecule has 0 spiro atoms. The maximum absolute atomic E-state index is 15.0. The summed E-state index contributed by atoms with van der Waals surface area (Å²) in [5, 5.41) is 96.0. The van der Waals surface area contributed by atoms with Crippen LogP contribution in [-0.4, -0.2) is 259 Å². The molecule has 1 aromatic rings. The van der Waals surface area contributed by atoms with Crippen molar-refractivity contribution in [1.29, 1.82) is 0 Å². The molecule has 27 N–H and O–H groups in total. The molecule has 1 aliphatic rings. The smallest absolute Gasteiger partial charge is 0.326 e. The fourth-order valence-electron chi connectivity index (χ4n) is 12.4. The lowest BCUT2D eigenvalue weighted by Crippen LogP contribution is -2.64. The summed E-state index contributed by atoms with van der Waals surface area (Å²) in [4.78, 5) is 191. The first-order valence-corrected chi connectivity index (χ1v) is 36.4. The fraction of sp³-hybridized carbons (Fsp3) is 0.700. The van der Waals surface area contributed by atoms with Gasteiger partial charge in [-0.25, -0.2) is 4.79 Å². The highest BCUT2D eigenvalue weighted by atomic mass is 16.5. The maximum Gasteiger partial charge on any atom is 0.326 e. The molecule has 0 unspecified atom stereocenters. The van der Waals surface area contributed by atoms with Gasteiger partial charge in [-0.15, -0.1) is 0 Å². The van der Waals surface area contributed by atoms with Gasteiger partial charge in [0, 0.05) is 46.1 Å². The molecule has 0 aromatic heterocycles. The number of aliphatic hydroxyl groups excluding tert-OH is 5. The molecule has 0 saturated carbocycles. The second kappa shape index (κ2) is 46.1. The first kappa shape index (κ1) is 95.5. The molecule has 0 radical (unpaired) electrons. The van der Waals surface area contributed by atoms with Crippen LogP contribution in [0.2, 0.25) is 0 Å². The largest absolute Gasteiger partial charge is 0.508 e. The highest BCUT2D eigenvalue weighted by Crippen LogP contribution is 2.29. The number of ether oxygens (including phenoxy) is 1. The van der Waals surface area contributed by atoms with Crippen molar-refractivity contribution in [2.75, 3.05) is 33.8 Å². The Hall–Kier alpha value is -9.57. The lowest BCUT2D eigenvalue weighted by atomic mass is 9.87. The number of aliphatic carboxylic acids is 1. The first-order valence-electron chi connectivity index (χ1n) is 36.4. The van der Waals surface area contributed by atoms with Gasteiger partial charge >= 0.3 is 5.97 Å². The van der Waals surface area contributed by atoms with Gasteiger partial charge < -0.3 is 127 Å². The number of phenols is 1. The standard InChI is InChI=1S/C70H120N18O21/c1-32(2)30-34(5)53(93)37(8)58(97)79-38(9)59(98)80-43(18-16-27-77-69(73)74)54(94)55(95)65(104)83-49(35(6)36(7)57(72)96)62(101)84-51(40(11)90)64(103)85-50(39(10)89)63(102)81-44(19-17-28-78-70(75)76)60(99)82-45(31-33(3)4)66(105)87(12)46(25-26-48(71)92)61(100)86-52(56(109-13)41-21-23-42(91)24-22-41)67(106)88-29-15-14-20-47(88)68(107)108/h21-24,32-40,43-47,49-56,89-91,93-95H,14-20,25-31H2,1-13H3,(H2,71,92)(H2,72,96)(H,79,97)(H,80,98)(H,81,102)(H,82,99)(H,83,104)(H,84,101)(H,85,103)(H,86,100)(H,107,108)(H4,73,74,77)(H4,75,76,78)/t34-,35+,36-,37-,38-,39-,40-,43+,44-,45+,46+,47+,49+,50-,51-,52-,53-,54-,55-,56-/m1/s1. The number of carboxylic acid groups (broad SMARTS) is 1. The average molecular weight is 1550 g/mol. The third-order valence-electron chi connectivity index (χ3n) is 19.0. The average Bonchev–Trinajstić information content (AvgIpc) is 0.798. The summed E-state index contributed by atoms with van der Waals surface area (Å²) in [7, 11) is 2.39. The van der Waals surface area contributed by atoms with Crippen molar-refractivity contribution < 1.29 is 103 Å². The van der Waals surface area contributed by atoms with Crippen LogP contribution in [0, 0.1) is 35.5 Å². The van der Waals surface area contributed by atoms with Crippen LogP contribution in [0.4, 0.5) is 0 Å². The summed E-state index contributed by atoms with van der Waals surface area (Å²) in [6, 6.07) is -11.5. The monoisotopic (exact) mass is 1550 g/mol. The van der Waals surface area contributed by atoms with Crippen LogP contribution in [-0.2, 0) is 67.1 Å². The topological polar surface area (TPSA) is 656 Å². The van der Waals surface area contributed by atoms with Gasteiger partial charge in [-0.2, -0.15) is 0 Å². The van der Waals surface area contributed by atoms with Gasteiger partial charge in [0.15, 0.2) is 18.0 Å². The number of methoxy groups -OCH3 is 1. The Labute approximate surface area is 634 Å². The Morgan fingerprint density at radius 1 is 0.560 bits per heavy atom. The van der Waals surface area contributed by atoms with Gasteiger partial charge in [0.05, 0.1) is 30.3 Å². The fourth-order valence-corrected chi connectivity index (χ4v) is 12.4. The number of aromatic hydroxyl groups is 1. The van der Waals surface area contributed by atoms with Gasteiger partial charge in [0.2, 0.25) is 65.0 Å². The minimum absolute atomic E-state index is 0.0179. The number of likely N-dealkylation sites (N-methyl/N-ethyl adjacent to an activating group) is 1. The summed E-state index contributed by atoms with van der Waals surface area (Å²) < 4.78 is 5.77. The van der Waals surface area contributed by atoms with Gasteiger partial charge in [-0.3, -0.25) is 67.5 Å². The number of nitrogens with one attached hydrogen (secondary N) is 8. The number of rotatable bonds is 47. The minimum atomic E-state index is -2.51. The highest BCUT2D eigenvalue weighted by Gasteiger charge is 2.45. The number of nitrogens with zero attached hydrogens (tertiary/aromatic N) is 4. The van der Waals surface area contributed by atoms with Crippen molar-refractivity contribution >= 4 is 88.8 Å². The molecule has 1 aromatic carbocycles. The van der Waals surface area contributed by atoms with Crippen molar-refractivity contribution in [3.8, 4) is 5.75 Å². The second-order valence-corrected chi connectivity index (χ2v) is 28.9. The third kappa shape index (κ3) is 30.8. The van der Waals surface area contributed by atoms with Crippen LogP contribution < -0.4 is 76.9 Å². The van der Waals surface area contributed by atoms with Crippen LogP contribution >= 0.6 is 0 Å². The Balaban J connectivity index is 2.61. The number of amides is 12. The van der Waals surface area contributed by atoms with E-state index in [0.29, 0.717) is 19.3 Å². The van der Waals surface area contributed by atoms with E-state index < -0.39 is 210 Å². The molecule has 0 bridgehead atoms. The molecule has 109 heavy (non-hydrogen) atoms. The van der Waals surface area contributed by atoms with Crippen LogP contribution in [0.15, 0.2) is 34.3 Å². The zero-order valence-corrected chi connectivity index (χ0v) is 64.5. The van der Waals surface area contributed by atoms with Crippen molar-refractivity contribution in [2.45, 2.75) is 244 Å². The molecule has 616 valence electrons. The Morgan fingerprint density at radius 2 is 1.06 bits per heavy atom. The summed E-state index contributed by atoms with van der Waals surface area (Å²) in [6.07, 6.45) is -11.0. The van der Waals surface area contributed by atoms with Crippen LogP contribution in [0.25, 0.3) is 0 Å². The molecule has 20 atom stereocenters. The van der Waals surface area contributed by atoms with Crippen molar-refractivity contribution in [1.82, 2.24) is 52.3 Å². The van der Waals surface area contributed by atoms with Crippen LogP contribution in [0.5, 0.6) is 5.75 Å². The van der Waals surface area contributed by atoms with E-state index in [4.69, 9.17) is 39.1 Å². The number of carbonyl (C=O) groups is 13. The molecule has 39 nitrogen and oxygen atoms in total. The second-order valence-electron chi connectivity index (χ2n) is 28.9. The van der Waals surface area contributed by atoms with Gasteiger partial charge in [-0.05, 0) is 126 Å². The quantitative estimate of drug-likeness (QED) is 0.0165. The molecule has 12 amide bonds. The van der Waals surface area contributed by atoms with E-state index in [0.717, 1.165) is 23.6 Å². The number of carbonyl (C=O) groups excluding carboxylic acids is 12. The first-order chi connectivity index (χ1) is 50.8. The van der Waals surface area contributed by atoms with E-state index in [2.05, 4.69) is 52.5 Å². The zero-order valence-electron chi connectivity index (χ0n) is 64.5. The van der Waals surface area contributed by atoms with Gasteiger partial charge in [-0.1, -0.05) is 67.5 Å². The number of aliphatic imine (C=N–C) groups is 2. The lowest BCUT2D eigenvalue weighted by Gasteiger charge is -2.38. The van der Waals surface area contributed by atoms with Crippen molar-refractivity contribution in [3.05, 3.63) is 29.8 Å². The molecule has 1 saturated heterocycles. The van der Waals surface area contributed by atoms with E-state index in [1.807, 2.05) is 13.8 Å². The minimum Gasteiger partial charge on any atom is -0.508 e. The summed E-state index contributed by atoms with van der Waals surface area (Å²) in [5.41, 5.74) is 33.5. The third-order valence-corrected chi connectivity index (χ3v) is 19.0. The molecule has 2 rings (SSSR count).